The van der Waals surface area contributed by atoms with Crippen LogP contribution in [-0.4, -0.2) is 193 Å². The van der Waals surface area contributed by atoms with Crippen LogP contribution in [0.5, 0.6) is 0 Å². The molecule has 0 aromatic heterocycles. The van der Waals surface area contributed by atoms with E-state index >= 15 is 0 Å². The van der Waals surface area contributed by atoms with Crippen LogP contribution in [0.3, 0.4) is 0 Å². The SMILES string of the molecule is CC/C=C\C/C=C\C/C=C\C/C=C\C/C=C\C/C=C\CCCCCCCCCCCCCCCCCCCCC(=O)NC(COC1OC(CO)C(OC2OC(CO)C(OC3OC(CO)C(O)C(O)C3O)C(O)C2O)C(O)C1O)C(O)/C=C/CC/C=C/CC/C=C/CCC. The molecule has 0 aromatic rings. The Kier molecular flexibility index (Phi) is 49.0. The van der Waals surface area contributed by atoms with Gasteiger partial charge in [-0.05, 0) is 89.9 Å². The molecule has 1 amide bonds. The molecule has 93 heavy (non-hydrogen) atoms. The summed E-state index contributed by atoms with van der Waals surface area (Å²) in [5.74, 6) is -0.294. The number of hydrogen-bond acceptors (Lipinski definition) is 18. The number of allylic oxidation sites excluding steroid dienone is 17. The molecule has 3 aliphatic rings. The average Bonchev–Trinajstić information content (AvgIpc) is 0.805. The van der Waals surface area contributed by atoms with Crippen LogP contribution < -0.4 is 5.32 Å². The molecular formula is C74H125NO18. The van der Waals surface area contributed by atoms with Crippen LogP contribution in [0, 0.1) is 0 Å². The smallest absolute Gasteiger partial charge is 0.220 e. The van der Waals surface area contributed by atoms with E-state index in [0.29, 0.717) is 12.8 Å². The summed E-state index contributed by atoms with van der Waals surface area (Å²) in [6.07, 6.45) is 46.8. The first-order valence-electron chi connectivity index (χ1n) is 35.6. The molecule has 19 heteroatoms. The second kappa shape index (κ2) is 54.5. The van der Waals surface area contributed by atoms with Crippen molar-refractivity contribution < 1.29 is 89.4 Å². The Morgan fingerprint density at radius 2 is 0.753 bits per heavy atom. The van der Waals surface area contributed by atoms with Gasteiger partial charge in [-0.15, -0.1) is 0 Å². The Balaban J connectivity index is 1.31. The number of aliphatic hydroxyl groups excluding tert-OH is 11. The van der Waals surface area contributed by atoms with E-state index in [4.69, 9.17) is 28.4 Å². The van der Waals surface area contributed by atoms with E-state index in [1.54, 1.807) is 6.08 Å². The molecule has 17 atom stereocenters. The normalized spacial score (nSPS) is 28.2. The number of amides is 1. The van der Waals surface area contributed by atoms with E-state index in [1.165, 1.54) is 96.3 Å². The summed E-state index contributed by atoms with van der Waals surface area (Å²) < 4.78 is 34.2. The van der Waals surface area contributed by atoms with E-state index < -0.39 is 124 Å². The number of carbonyl (C=O) groups is 1. The molecule has 0 saturated carbocycles. The molecule has 3 rings (SSSR count). The lowest BCUT2D eigenvalue weighted by Crippen LogP contribution is -2.66. The van der Waals surface area contributed by atoms with Crippen LogP contribution in [0.1, 0.15) is 219 Å². The zero-order valence-electron chi connectivity index (χ0n) is 56.4. The Bertz CT molecular complexity index is 2110. The molecule has 3 saturated heterocycles. The molecule has 19 nitrogen and oxygen atoms in total. The minimum atomic E-state index is -1.99. The quantitative estimate of drug-likeness (QED) is 0.0199. The van der Waals surface area contributed by atoms with Crippen molar-refractivity contribution >= 4 is 5.91 Å². The fraction of sp³-hybridized carbons (Fsp3) is 0.743. The van der Waals surface area contributed by atoms with Gasteiger partial charge in [0.15, 0.2) is 18.9 Å². The van der Waals surface area contributed by atoms with Crippen LogP contribution in [0.2, 0.25) is 0 Å². The summed E-state index contributed by atoms with van der Waals surface area (Å²) in [5, 5.41) is 120. The molecule has 12 N–H and O–H groups in total. The number of hydrogen-bond donors (Lipinski definition) is 12. The van der Waals surface area contributed by atoms with E-state index in [2.05, 4.69) is 116 Å². The van der Waals surface area contributed by atoms with Gasteiger partial charge in [-0.2, -0.15) is 0 Å². The van der Waals surface area contributed by atoms with Crippen molar-refractivity contribution in [3.8, 4) is 0 Å². The monoisotopic (exact) mass is 1320 g/mol. The van der Waals surface area contributed by atoms with Crippen molar-refractivity contribution in [1.82, 2.24) is 5.32 Å². The highest BCUT2D eigenvalue weighted by molar-refractivity contribution is 5.76. The second-order valence-electron chi connectivity index (χ2n) is 24.9. The first kappa shape index (κ1) is 83.7. The van der Waals surface area contributed by atoms with E-state index in [-0.39, 0.29) is 18.9 Å². The molecule has 17 unspecified atom stereocenters. The molecule has 0 bridgehead atoms. The molecule has 0 spiro atoms. The van der Waals surface area contributed by atoms with Gasteiger partial charge in [-0.1, -0.05) is 232 Å². The Morgan fingerprint density at radius 3 is 1.19 bits per heavy atom. The van der Waals surface area contributed by atoms with Gasteiger partial charge in [0, 0.05) is 6.42 Å². The number of aliphatic hydroxyl groups is 11. The lowest BCUT2D eigenvalue weighted by molar-refractivity contribution is -0.379. The summed E-state index contributed by atoms with van der Waals surface area (Å²) in [4.78, 5) is 13.4. The van der Waals surface area contributed by atoms with Gasteiger partial charge >= 0.3 is 0 Å². The van der Waals surface area contributed by atoms with Crippen molar-refractivity contribution in [2.45, 2.75) is 324 Å². The molecule has 0 aromatic carbocycles. The molecule has 3 aliphatic heterocycles. The Morgan fingerprint density at radius 1 is 0.398 bits per heavy atom. The Hall–Kier alpha value is -3.55. The average molecular weight is 1320 g/mol. The fourth-order valence-corrected chi connectivity index (χ4v) is 11.3. The van der Waals surface area contributed by atoms with Crippen LogP contribution in [0.15, 0.2) is 109 Å². The predicted octanol–water partition coefficient (Wildman–Crippen LogP) is 9.83. The summed E-state index contributed by atoms with van der Waals surface area (Å²) in [6.45, 7) is 1.49. The maximum atomic E-state index is 13.4. The maximum Gasteiger partial charge on any atom is 0.220 e. The Labute approximate surface area is 557 Å². The number of ether oxygens (including phenoxy) is 6. The molecule has 3 fully saturated rings. The highest BCUT2D eigenvalue weighted by Crippen LogP contribution is 2.33. The minimum Gasteiger partial charge on any atom is -0.394 e. The van der Waals surface area contributed by atoms with Crippen molar-refractivity contribution in [2.75, 3.05) is 26.4 Å². The van der Waals surface area contributed by atoms with Gasteiger partial charge in [-0.25, -0.2) is 0 Å². The molecule has 0 radical (unpaired) electrons. The lowest BCUT2D eigenvalue weighted by atomic mass is 9.96. The van der Waals surface area contributed by atoms with Gasteiger partial charge < -0.3 is 89.9 Å². The third-order valence-electron chi connectivity index (χ3n) is 17.0. The topological polar surface area (TPSA) is 307 Å². The molecule has 3 heterocycles. The van der Waals surface area contributed by atoms with E-state index in [9.17, 15) is 61.0 Å². The van der Waals surface area contributed by atoms with Gasteiger partial charge in [0.05, 0.1) is 38.6 Å². The van der Waals surface area contributed by atoms with Gasteiger partial charge in [-0.3, -0.25) is 4.79 Å². The highest BCUT2D eigenvalue weighted by Gasteiger charge is 2.53. The number of nitrogens with one attached hydrogen (secondary N) is 1. The van der Waals surface area contributed by atoms with Crippen LogP contribution in [-0.2, 0) is 33.2 Å². The van der Waals surface area contributed by atoms with E-state index in [1.807, 2.05) is 6.08 Å². The van der Waals surface area contributed by atoms with Gasteiger partial charge in [0.25, 0.3) is 0 Å². The van der Waals surface area contributed by atoms with E-state index in [0.717, 1.165) is 89.9 Å². The summed E-state index contributed by atoms with van der Waals surface area (Å²) >= 11 is 0. The highest BCUT2D eigenvalue weighted by atomic mass is 16.8. The zero-order valence-corrected chi connectivity index (χ0v) is 56.4. The summed E-state index contributed by atoms with van der Waals surface area (Å²) in [7, 11) is 0. The first-order valence-corrected chi connectivity index (χ1v) is 35.6. The molecular weight excluding hydrogens is 1190 g/mol. The third-order valence-corrected chi connectivity index (χ3v) is 17.0. The van der Waals surface area contributed by atoms with Crippen molar-refractivity contribution in [2.24, 2.45) is 0 Å². The predicted molar refractivity (Wildman–Crippen MR) is 364 cm³/mol. The third kappa shape index (κ3) is 36.0. The second-order valence-corrected chi connectivity index (χ2v) is 24.9. The standard InChI is InChI=1S/C74H125NO18/c1-3-5-7-9-11-13-15-16-17-18-19-20-21-22-23-24-25-26-27-28-29-30-31-32-33-34-35-36-37-38-39-40-42-44-46-48-50-52-62(80)75-57(58(79)51-49-47-45-43-41-14-12-10-8-6-4-2)56-88-72-68(86)65(83)70(60(54-77)90-72)93-74-69(87)66(84)71(61(55-78)91-74)92-73-67(85)64(82)63(81)59(53-76)89-73/h5,7-8,10-11,13,16-17,19-20,22-23,25-26,41,43,49,51,57-61,63-74,76-79,81-87H,3-4,6,9,12,14-15,18,21,24,27-40,42,44-48,50,52-56H2,1-2H3,(H,75,80)/b7-5-,10-8+,13-11-,17-16-,20-19-,23-22-,26-25-,43-41+,51-49+. The van der Waals surface area contributed by atoms with Gasteiger partial charge in [0.1, 0.15) is 73.2 Å². The maximum absolute atomic E-state index is 13.4. The summed E-state index contributed by atoms with van der Waals surface area (Å²) in [5.41, 5.74) is 0. The van der Waals surface area contributed by atoms with Crippen LogP contribution in [0.25, 0.3) is 0 Å². The zero-order chi connectivity index (χ0) is 67.5. The van der Waals surface area contributed by atoms with Crippen LogP contribution >= 0.6 is 0 Å². The minimum absolute atomic E-state index is 0.228. The first-order chi connectivity index (χ1) is 45.3. The number of carbonyl (C=O) groups excluding carboxylic acids is 1. The molecule has 0 aliphatic carbocycles. The summed E-state index contributed by atoms with van der Waals surface area (Å²) in [6, 6.07) is -1.000. The fourth-order valence-electron chi connectivity index (χ4n) is 11.3. The van der Waals surface area contributed by atoms with Gasteiger partial charge in [0.2, 0.25) is 5.91 Å². The van der Waals surface area contributed by atoms with Crippen molar-refractivity contribution in [3.05, 3.63) is 109 Å². The number of unbranched alkanes of at least 4 members (excludes halogenated alkanes) is 21. The molecule has 534 valence electrons. The van der Waals surface area contributed by atoms with Crippen molar-refractivity contribution in [1.29, 1.82) is 0 Å². The largest absolute Gasteiger partial charge is 0.394 e. The van der Waals surface area contributed by atoms with Crippen molar-refractivity contribution in [3.63, 3.8) is 0 Å². The number of rotatable bonds is 53. The van der Waals surface area contributed by atoms with Crippen LogP contribution in [0.4, 0.5) is 0 Å². The lowest BCUT2D eigenvalue weighted by Gasteiger charge is -2.48.